The molecule has 0 fully saturated rings. The number of hydrogen-bond donors (Lipinski definition) is 0. The zero-order valence-electron chi connectivity index (χ0n) is 15.2. The van der Waals surface area contributed by atoms with Crippen LogP contribution in [0.15, 0.2) is 97.1 Å². The first-order valence-corrected chi connectivity index (χ1v) is 19.1. The molecule has 0 unspecified atom stereocenters. The maximum absolute atomic E-state index is 3.45. The van der Waals surface area contributed by atoms with Crippen molar-refractivity contribution in [1.29, 1.82) is 0 Å². The average molecular weight is 931 g/mol. The van der Waals surface area contributed by atoms with E-state index in [1.54, 1.807) is 0 Å². The van der Waals surface area contributed by atoms with Gasteiger partial charge in [0, 0.05) is 0 Å². The fourth-order valence-corrected chi connectivity index (χ4v) is 18.6. The first-order valence-electron chi connectivity index (χ1n) is 9.04. The molecule has 4 aromatic carbocycles. The summed E-state index contributed by atoms with van der Waals surface area (Å²) in [6.07, 6.45) is 0. The molecule has 0 aliphatic carbocycles. The van der Waals surface area contributed by atoms with E-state index in [0.717, 1.165) is 0 Å². The maximum atomic E-state index is 2.40. The van der Waals surface area contributed by atoms with E-state index >= 15 is 0 Å². The fourth-order valence-electron chi connectivity index (χ4n) is 3.80. The molecule has 0 amide bonds. The van der Waals surface area contributed by atoms with E-state index in [1.165, 1.54) is 28.6 Å². The van der Waals surface area contributed by atoms with E-state index in [9.17, 15) is 0 Å². The summed E-state index contributed by atoms with van der Waals surface area (Å²) in [7, 11) is 0. The Morgan fingerprint density at radius 2 is 0.483 bits per heavy atom. The van der Waals surface area contributed by atoms with Crippen LogP contribution in [-0.2, 0) is 0 Å². The zero-order valence-corrected chi connectivity index (χ0v) is 26.7. The Kier molecular flexibility index (Phi) is 7.88. The van der Waals surface area contributed by atoms with Gasteiger partial charge in [0.1, 0.15) is 0 Å². The van der Waals surface area contributed by atoms with Crippen LogP contribution in [0.3, 0.4) is 0 Å². The molecule has 0 spiro atoms. The van der Waals surface area contributed by atoms with Gasteiger partial charge in [-0.1, -0.05) is 0 Å². The van der Waals surface area contributed by atoms with Gasteiger partial charge >= 0.3 is 234 Å². The third kappa shape index (κ3) is 4.85. The van der Waals surface area contributed by atoms with E-state index < -0.39 is 18.4 Å². The van der Waals surface area contributed by atoms with Crippen LogP contribution in [0.4, 0.5) is 0 Å². The average Bonchev–Trinajstić information content (AvgIpc) is 2.73. The molecule has 144 valence electrons. The van der Waals surface area contributed by atoms with Crippen molar-refractivity contribution >= 4 is 123 Å². The number of rotatable bonds is 4. The van der Waals surface area contributed by atoms with E-state index in [1.807, 2.05) is 0 Å². The van der Waals surface area contributed by atoms with Crippen molar-refractivity contribution < 1.29 is 0 Å². The van der Waals surface area contributed by atoms with Crippen molar-refractivity contribution in [1.82, 2.24) is 0 Å². The van der Waals surface area contributed by atoms with Crippen LogP contribution in [0, 0.1) is 14.3 Å². The van der Waals surface area contributed by atoms with Gasteiger partial charge in [0.2, 0.25) is 0 Å². The van der Waals surface area contributed by atoms with Crippen LogP contribution in [-0.4, -0.2) is 18.4 Å². The van der Waals surface area contributed by atoms with Crippen LogP contribution < -0.4 is 14.3 Å². The fraction of sp³-hybridized carbons (Fsp3) is 0. The van der Waals surface area contributed by atoms with Gasteiger partial charge < -0.3 is 0 Å². The Balaban J connectivity index is 2.11. The number of hydrogen-bond acceptors (Lipinski definition) is 0. The molecular formula is C24H16I4Sn. The minimum absolute atomic E-state index is 1.28. The van der Waals surface area contributed by atoms with Crippen molar-refractivity contribution in [2.75, 3.05) is 0 Å². The first-order chi connectivity index (χ1) is 14.0. The topological polar surface area (TPSA) is 0 Å². The van der Waals surface area contributed by atoms with Crippen molar-refractivity contribution in [3.05, 3.63) is 111 Å². The molecule has 0 saturated carbocycles. The van der Waals surface area contributed by atoms with Crippen molar-refractivity contribution in [2.45, 2.75) is 0 Å². The Bertz CT molecular complexity index is 916. The van der Waals surface area contributed by atoms with Gasteiger partial charge in [-0.05, 0) is 0 Å². The first kappa shape index (κ1) is 22.8. The second kappa shape index (κ2) is 10.0. The van der Waals surface area contributed by atoms with Gasteiger partial charge in [0.25, 0.3) is 0 Å². The molecule has 5 heteroatoms. The monoisotopic (exact) mass is 932 g/mol. The molecule has 0 aromatic heterocycles. The van der Waals surface area contributed by atoms with Gasteiger partial charge in [-0.2, -0.15) is 0 Å². The van der Waals surface area contributed by atoms with Crippen LogP contribution in [0.25, 0.3) is 0 Å². The predicted octanol–water partition coefficient (Wildman–Crippen LogP) is 5.48. The molecule has 0 N–H and O–H groups in total. The van der Waals surface area contributed by atoms with Crippen LogP contribution in [0.2, 0.25) is 0 Å². The molecule has 29 heavy (non-hydrogen) atoms. The summed E-state index contributed by atoms with van der Waals surface area (Å²) in [6.45, 7) is 0. The molecule has 4 aromatic rings. The molecule has 0 atom stereocenters. The summed E-state index contributed by atoms with van der Waals surface area (Å²) in [6, 6.07) is 37.0. The zero-order chi connectivity index (χ0) is 20.4. The standard InChI is InChI=1S/4C6H4I.Sn/c4*7-6-4-2-1-3-5-6;/h4*2-5H;. The summed E-state index contributed by atoms with van der Waals surface area (Å²) in [5.41, 5.74) is 0. The van der Waals surface area contributed by atoms with Crippen LogP contribution in [0.1, 0.15) is 0 Å². The summed E-state index contributed by atoms with van der Waals surface area (Å²) in [5.74, 6) is 0. The minimum atomic E-state index is -3.45. The molecule has 0 bridgehead atoms. The van der Waals surface area contributed by atoms with E-state index in [-0.39, 0.29) is 0 Å². The third-order valence-electron chi connectivity index (χ3n) is 5.11. The summed E-state index contributed by atoms with van der Waals surface area (Å²) in [5, 5.41) is 0. The molecule has 0 aliphatic rings. The van der Waals surface area contributed by atoms with E-state index in [2.05, 4.69) is 187 Å². The Hall–Kier alpha value is 0.599. The normalized spacial score (nSPS) is 11.4. The molecular weight excluding hydrogens is 915 g/mol. The van der Waals surface area contributed by atoms with Crippen LogP contribution >= 0.6 is 90.4 Å². The van der Waals surface area contributed by atoms with E-state index in [0.29, 0.717) is 0 Å². The Morgan fingerprint density at radius 3 is 0.655 bits per heavy atom. The summed E-state index contributed by atoms with van der Waals surface area (Å²) >= 11 is 6.16. The second-order valence-electron chi connectivity index (χ2n) is 6.78. The van der Waals surface area contributed by atoms with Crippen LogP contribution in [0.5, 0.6) is 0 Å². The molecule has 0 radical (unpaired) electrons. The molecule has 0 saturated heterocycles. The van der Waals surface area contributed by atoms with Gasteiger partial charge in [0.05, 0.1) is 0 Å². The second-order valence-corrected chi connectivity index (χ2v) is 22.6. The molecule has 0 nitrogen and oxygen atoms in total. The third-order valence-corrected chi connectivity index (χ3v) is 21.7. The van der Waals surface area contributed by atoms with Crippen molar-refractivity contribution in [3.8, 4) is 0 Å². The van der Waals surface area contributed by atoms with Gasteiger partial charge in [-0.15, -0.1) is 0 Å². The van der Waals surface area contributed by atoms with Gasteiger partial charge in [-0.3, -0.25) is 0 Å². The van der Waals surface area contributed by atoms with Gasteiger partial charge in [-0.25, -0.2) is 0 Å². The molecule has 4 rings (SSSR count). The SMILES string of the molecule is Ic1cc[c]([Sn]([c]2ccc(I)cc2)([c]2ccc(I)cc2)[c]2ccc(I)cc2)cc1. The molecule has 0 heterocycles. The Morgan fingerprint density at radius 1 is 0.310 bits per heavy atom. The quantitative estimate of drug-likeness (QED) is 0.188. The van der Waals surface area contributed by atoms with Crippen molar-refractivity contribution in [3.63, 3.8) is 0 Å². The van der Waals surface area contributed by atoms with E-state index in [4.69, 9.17) is 0 Å². The van der Waals surface area contributed by atoms with Gasteiger partial charge in [0.15, 0.2) is 0 Å². The summed E-state index contributed by atoms with van der Waals surface area (Å²) in [4.78, 5) is 0. The Labute approximate surface area is 230 Å². The van der Waals surface area contributed by atoms with Crippen molar-refractivity contribution in [2.24, 2.45) is 0 Å². The number of benzene rings is 4. The number of halogens is 4. The molecule has 0 aliphatic heterocycles. The summed E-state index contributed by atoms with van der Waals surface area (Å²) < 4.78 is 11.1. The predicted molar refractivity (Wildman–Crippen MR) is 161 cm³/mol.